The number of hydrogen-bond acceptors (Lipinski definition) is 5. The van der Waals surface area contributed by atoms with Crippen molar-refractivity contribution in [3.63, 3.8) is 0 Å². The average Bonchev–Trinajstić information content (AvgIpc) is 3.44. The molecule has 33 heavy (non-hydrogen) atoms. The van der Waals surface area contributed by atoms with Gasteiger partial charge in [0.05, 0.1) is 24.5 Å². The third-order valence-corrected chi connectivity index (χ3v) is 6.74. The summed E-state index contributed by atoms with van der Waals surface area (Å²) in [6.45, 7) is 7.84. The number of fused-ring (bicyclic) bond motifs is 1. The normalized spacial score (nSPS) is 18.8. The summed E-state index contributed by atoms with van der Waals surface area (Å²) in [4.78, 5) is 38.8. The minimum atomic E-state index is -0.0418. The van der Waals surface area contributed by atoms with E-state index >= 15 is 0 Å². The summed E-state index contributed by atoms with van der Waals surface area (Å²) in [6, 6.07) is 10.3. The number of carbonyl (C=O) groups is 2. The van der Waals surface area contributed by atoms with Crippen molar-refractivity contribution in [3.8, 4) is 0 Å². The lowest BCUT2D eigenvalue weighted by molar-refractivity contribution is -0.130. The Balaban J connectivity index is 1.26. The number of morpholine rings is 1. The molecule has 2 aromatic heterocycles. The summed E-state index contributed by atoms with van der Waals surface area (Å²) in [5.41, 5.74) is 3.40. The minimum absolute atomic E-state index is 0.0418. The number of carbonyl (C=O) groups excluding carboxylic acids is 2. The van der Waals surface area contributed by atoms with Gasteiger partial charge in [0.15, 0.2) is 0 Å². The fourth-order valence-electron chi connectivity index (χ4n) is 4.82. The number of benzene rings is 1. The maximum Gasteiger partial charge on any atom is 0.257 e. The van der Waals surface area contributed by atoms with Gasteiger partial charge in [0.1, 0.15) is 12.4 Å². The molecule has 0 radical (unpaired) electrons. The maximum absolute atomic E-state index is 13.1. The summed E-state index contributed by atoms with van der Waals surface area (Å²) in [5, 5.41) is 1.15. The van der Waals surface area contributed by atoms with Gasteiger partial charge in [-0.25, -0.2) is 9.97 Å². The topological polar surface area (TPSA) is 80.6 Å². The molecule has 3 aromatic rings. The van der Waals surface area contributed by atoms with Crippen molar-refractivity contribution in [1.29, 1.82) is 0 Å². The Bertz CT molecular complexity index is 1200. The summed E-state index contributed by atoms with van der Waals surface area (Å²) in [7, 11) is 0. The first-order valence-corrected chi connectivity index (χ1v) is 11.5. The molecule has 0 N–H and O–H groups in total. The number of rotatable bonds is 4. The molecule has 0 saturated carbocycles. The van der Waals surface area contributed by atoms with Gasteiger partial charge in [0.25, 0.3) is 5.91 Å². The van der Waals surface area contributed by atoms with Crippen LogP contribution in [0.25, 0.3) is 10.9 Å². The van der Waals surface area contributed by atoms with Crippen molar-refractivity contribution in [2.75, 3.05) is 39.4 Å². The molecule has 2 aliphatic heterocycles. The Labute approximate surface area is 193 Å². The van der Waals surface area contributed by atoms with Crippen LogP contribution in [0.2, 0.25) is 0 Å². The molecule has 2 aliphatic rings. The molecule has 8 heteroatoms. The molecule has 172 valence electrons. The van der Waals surface area contributed by atoms with Gasteiger partial charge in [-0.05, 0) is 37.8 Å². The van der Waals surface area contributed by atoms with E-state index < -0.39 is 0 Å². The SMILES string of the molecule is Cc1nc(C2CCN(C(=O)Cn3c(C)cc4ccccc43)C2)ncc1C(=O)N1CCOCC1. The lowest BCUT2D eigenvalue weighted by Gasteiger charge is -2.27. The van der Waals surface area contributed by atoms with Crippen LogP contribution in [-0.4, -0.2) is 75.5 Å². The van der Waals surface area contributed by atoms with E-state index in [0.717, 1.165) is 23.0 Å². The lowest BCUT2D eigenvalue weighted by atomic mass is 10.1. The van der Waals surface area contributed by atoms with Crippen molar-refractivity contribution in [2.45, 2.75) is 32.7 Å². The number of likely N-dealkylation sites (tertiary alicyclic amines) is 1. The van der Waals surface area contributed by atoms with Gasteiger partial charge in [0.2, 0.25) is 5.91 Å². The maximum atomic E-state index is 13.1. The van der Waals surface area contributed by atoms with Crippen LogP contribution in [0.3, 0.4) is 0 Å². The van der Waals surface area contributed by atoms with E-state index in [9.17, 15) is 9.59 Å². The van der Waals surface area contributed by atoms with Crippen LogP contribution >= 0.6 is 0 Å². The van der Waals surface area contributed by atoms with Gasteiger partial charge in [0, 0.05) is 49.5 Å². The fourth-order valence-corrected chi connectivity index (χ4v) is 4.82. The van der Waals surface area contributed by atoms with Crippen molar-refractivity contribution < 1.29 is 14.3 Å². The zero-order valence-electron chi connectivity index (χ0n) is 19.2. The highest BCUT2D eigenvalue weighted by Gasteiger charge is 2.30. The summed E-state index contributed by atoms with van der Waals surface area (Å²) >= 11 is 0. The van der Waals surface area contributed by atoms with E-state index in [1.165, 1.54) is 0 Å². The number of ether oxygens (including phenoxy) is 1. The average molecular weight is 448 g/mol. The molecule has 1 atom stereocenters. The van der Waals surface area contributed by atoms with Crippen molar-refractivity contribution in [3.05, 3.63) is 59.3 Å². The molecule has 8 nitrogen and oxygen atoms in total. The lowest BCUT2D eigenvalue weighted by Crippen LogP contribution is -2.41. The van der Waals surface area contributed by atoms with Crippen molar-refractivity contribution >= 4 is 22.7 Å². The van der Waals surface area contributed by atoms with E-state index in [4.69, 9.17) is 4.74 Å². The molecular formula is C25H29N5O3. The van der Waals surface area contributed by atoms with Gasteiger partial charge >= 0.3 is 0 Å². The van der Waals surface area contributed by atoms with Crippen LogP contribution in [0.4, 0.5) is 0 Å². The highest BCUT2D eigenvalue weighted by atomic mass is 16.5. The van der Waals surface area contributed by atoms with Gasteiger partial charge in [-0.2, -0.15) is 0 Å². The second-order valence-electron chi connectivity index (χ2n) is 8.89. The second-order valence-corrected chi connectivity index (χ2v) is 8.89. The molecule has 5 rings (SSSR count). The molecular weight excluding hydrogens is 418 g/mol. The third-order valence-electron chi connectivity index (χ3n) is 6.74. The van der Waals surface area contributed by atoms with E-state index in [1.54, 1.807) is 11.1 Å². The van der Waals surface area contributed by atoms with Crippen LogP contribution in [0.1, 0.15) is 39.9 Å². The number of aryl methyl sites for hydroxylation is 2. The van der Waals surface area contributed by atoms with Gasteiger partial charge < -0.3 is 19.1 Å². The first-order valence-electron chi connectivity index (χ1n) is 11.5. The zero-order chi connectivity index (χ0) is 22.9. The standard InChI is InChI=1S/C25H29N5O3/c1-17-13-19-5-3-4-6-22(19)30(17)16-23(31)29-8-7-20(15-29)24-26-14-21(18(2)27-24)25(32)28-9-11-33-12-10-28/h3-6,13-14,20H,7-12,15-16H2,1-2H3. The highest BCUT2D eigenvalue weighted by molar-refractivity contribution is 5.95. The van der Waals surface area contributed by atoms with E-state index in [1.807, 2.05) is 30.9 Å². The Morgan fingerprint density at radius 2 is 1.88 bits per heavy atom. The smallest absolute Gasteiger partial charge is 0.257 e. The van der Waals surface area contributed by atoms with E-state index in [2.05, 4.69) is 32.7 Å². The Morgan fingerprint density at radius 1 is 1.09 bits per heavy atom. The highest BCUT2D eigenvalue weighted by Crippen LogP contribution is 2.26. The molecule has 0 aliphatic carbocycles. The van der Waals surface area contributed by atoms with Crippen LogP contribution in [0.15, 0.2) is 36.5 Å². The Morgan fingerprint density at radius 3 is 2.67 bits per heavy atom. The molecule has 1 unspecified atom stereocenters. The number of nitrogens with zero attached hydrogens (tertiary/aromatic N) is 5. The first kappa shape index (κ1) is 21.6. The predicted molar refractivity (Wildman–Crippen MR) is 124 cm³/mol. The third kappa shape index (κ3) is 4.23. The van der Waals surface area contributed by atoms with Crippen molar-refractivity contribution in [2.24, 2.45) is 0 Å². The first-order chi connectivity index (χ1) is 16.0. The summed E-state index contributed by atoms with van der Waals surface area (Å²) in [5.74, 6) is 0.865. The van der Waals surface area contributed by atoms with Crippen LogP contribution in [-0.2, 0) is 16.1 Å². The van der Waals surface area contributed by atoms with Gasteiger partial charge in [-0.1, -0.05) is 18.2 Å². The van der Waals surface area contributed by atoms with Crippen LogP contribution in [0, 0.1) is 13.8 Å². The van der Waals surface area contributed by atoms with Crippen LogP contribution in [0.5, 0.6) is 0 Å². The fraction of sp³-hybridized carbons (Fsp3) is 0.440. The number of para-hydroxylation sites is 1. The quantitative estimate of drug-likeness (QED) is 0.614. The second kappa shape index (κ2) is 8.94. The minimum Gasteiger partial charge on any atom is -0.378 e. The molecule has 2 saturated heterocycles. The van der Waals surface area contributed by atoms with Crippen molar-refractivity contribution in [1.82, 2.24) is 24.3 Å². The largest absolute Gasteiger partial charge is 0.378 e. The number of amides is 2. The van der Waals surface area contributed by atoms with E-state index in [-0.39, 0.29) is 17.7 Å². The summed E-state index contributed by atoms with van der Waals surface area (Å²) in [6.07, 6.45) is 2.47. The van der Waals surface area contributed by atoms with E-state index in [0.29, 0.717) is 63.0 Å². The molecule has 2 fully saturated rings. The molecule has 0 spiro atoms. The molecule has 0 bridgehead atoms. The summed E-state index contributed by atoms with van der Waals surface area (Å²) < 4.78 is 7.41. The monoisotopic (exact) mass is 447 g/mol. The number of hydrogen-bond donors (Lipinski definition) is 0. The number of aromatic nitrogens is 3. The zero-order valence-corrected chi connectivity index (χ0v) is 19.2. The van der Waals surface area contributed by atoms with Gasteiger partial charge in [-0.3, -0.25) is 9.59 Å². The predicted octanol–water partition coefficient (Wildman–Crippen LogP) is 2.54. The Kier molecular flexibility index (Phi) is 5.85. The van der Waals surface area contributed by atoms with Gasteiger partial charge in [-0.15, -0.1) is 0 Å². The van der Waals surface area contributed by atoms with Crippen LogP contribution < -0.4 is 0 Å². The molecule has 4 heterocycles. The molecule has 1 aromatic carbocycles. The molecule has 2 amide bonds. The Hall–Kier alpha value is -3.26.